The number of ether oxygens (including phenoxy) is 2. The molecule has 2 N–H and O–H groups in total. The van der Waals surface area contributed by atoms with E-state index in [0.29, 0.717) is 38.1 Å². The SMILES string of the molecule is CCOCCCNC(=NCc1c(CC)nn(C)c1OC)NCC(=O)N(C)C.I. The third kappa shape index (κ3) is 8.63. The Morgan fingerprint density at radius 1 is 1.29 bits per heavy atom. The first-order valence-electron chi connectivity index (χ1n) is 9.33. The third-order valence-electron chi connectivity index (χ3n) is 3.96. The summed E-state index contributed by atoms with van der Waals surface area (Å²) >= 11 is 0. The molecule has 10 heteroatoms. The molecule has 1 rings (SSSR count). The number of guanidine groups is 1. The maximum atomic E-state index is 11.9. The van der Waals surface area contributed by atoms with Crippen molar-refractivity contribution in [1.82, 2.24) is 25.3 Å². The van der Waals surface area contributed by atoms with Gasteiger partial charge < -0.3 is 25.0 Å². The molecule has 0 saturated carbocycles. The number of nitrogens with zero attached hydrogens (tertiary/aromatic N) is 4. The number of carbonyl (C=O) groups is 1. The van der Waals surface area contributed by atoms with Crippen LogP contribution in [0.4, 0.5) is 0 Å². The lowest BCUT2D eigenvalue weighted by molar-refractivity contribution is -0.127. The maximum Gasteiger partial charge on any atom is 0.241 e. The van der Waals surface area contributed by atoms with Crippen molar-refractivity contribution in [2.24, 2.45) is 12.0 Å². The second-order valence-electron chi connectivity index (χ2n) is 6.20. The highest BCUT2D eigenvalue weighted by Crippen LogP contribution is 2.22. The lowest BCUT2D eigenvalue weighted by Gasteiger charge is -2.15. The van der Waals surface area contributed by atoms with Crippen molar-refractivity contribution in [1.29, 1.82) is 0 Å². The molecule has 162 valence electrons. The van der Waals surface area contributed by atoms with E-state index in [-0.39, 0.29) is 36.4 Å². The summed E-state index contributed by atoms with van der Waals surface area (Å²) in [5, 5.41) is 10.8. The molecule has 1 amide bonds. The minimum absolute atomic E-state index is 0. The summed E-state index contributed by atoms with van der Waals surface area (Å²) in [6.07, 6.45) is 1.65. The van der Waals surface area contributed by atoms with Gasteiger partial charge in [-0.2, -0.15) is 5.10 Å². The van der Waals surface area contributed by atoms with Gasteiger partial charge in [-0.25, -0.2) is 9.67 Å². The van der Waals surface area contributed by atoms with E-state index in [4.69, 9.17) is 9.47 Å². The molecule has 0 fully saturated rings. The Labute approximate surface area is 185 Å². The Bertz CT molecular complexity index is 619. The Morgan fingerprint density at radius 3 is 2.57 bits per heavy atom. The number of aliphatic imine (C=N–C) groups is 1. The predicted octanol–water partition coefficient (Wildman–Crippen LogP) is 1.16. The van der Waals surface area contributed by atoms with Crippen molar-refractivity contribution < 1.29 is 14.3 Å². The molecule has 28 heavy (non-hydrogen) atoms. The maximum absolute atomic E-state index is 11.9. The lowest BCUT2D eigenvalue weighted by atomic mass is 10.2. The fraction of sp³-hybridized carbons (Fsp3) is 0.722. The molecule has 1 heterocycles. The number of carbonyl (C=O) groups excluding carboxylic acids is 1. The van der Waals surface area contributed by atoms with Crippen LogP contribution >= 0.6 is 24.0 Å². The quantitative estimate of drug-likeness (QED) is 0.201. The summed E-state index contributed by atoms with van der Waals surface area (Å²) in [6, 6.07) is 0. The Balaban J connectivity index is 0.00000729. The molecule has 0 radical (unpaired) electrons. The number of amides is 1. The van der Waals surface area contributed by atoms with Gasteiger partial charge in [-0.05, 0) is 19.8 Å². The van der Waals surface area contributed by atoms with Crippen molar-refractivity contribution in [3.05, 3.63) is 11.3 Å². The van der Waals surface area contributed by atoms with Gasteiger partial charge in [-0.3, -0.25) is 4.79 Å². The van der Waals surface area contributed by atoms with Crippen LogP contribution in [0.2, 0.25) is 0 Å². The summed E-state index contributed by atoms with van der Waals surface area (Å²) in [6.45, 7) is 6.71. The number of aryl methyl sites for hydroxylation is 2. The van der Waals surface area contributed by atoms with E-state index >= 15 is 0 Å². The first-order chi connectivity index (χ1) is 12.9. The molecule has 0 aliphatic heterocycles. The van der Waals surface area contributed by atoms with Gasteiger partial charge in [0, 0.05) is 40.9 Å². The van der Waals surface area contributed by atoms with Crippen molar-refractivity contribution in [3.8, 4) is 5.88 Å². The third-order valence-corrected chi connectivity index (χ3v) is 3.96. The summed E-state index contributed by atoms with van der Waals surface area (Å²) in [4.78, 5) is 18.0. The highest BCUT2D eigenvalue weighted by Gasteiger charge is 2.15. The Morgan fingerprint density at radius 2 is 2.00 bits per heavy atom. The van der Waals surface area contributed by atoms with Gasteiger partial charge in [-0.1, -0.05) is 6.92 Å². The summed E-state index contributed by atoms with van der Waals surface area (Å²) in [5.74, 6) is 1.26. The number of hydrogen-bond donors (Lipinski definition) is 2. The van der Waals surface area contributed by atoms with Gasteiger partial charge in [-0.15, -0.1) is 24.0 Å². The fourth-order valence-corrected chi connectivity index (χ4v) is 2.48. The first kappa shape index (κ1) is 26.4. The minimum atomic E-state index is -0.0213. The van der Waals surface area contributed by atoms with E-state index in [1.54, 1.807) is 30.8 Å². The van der Waals surface area contributed by atoms with Gasteiger partial charge in [0.15, 0.2) is 5.96 Å². The number of likely N-dealkylation sites (N-methyl/N-ethyl adjacent to an activating group) is 1. The van der Waals surface area contributed by atoms with Crippen LogP contribution in [0.1, 0.15) is 31.5 Å². The van der Waals surface area contributed by atoms with E-state index in [1.165, 1.54) is 0 Å². The molecule has 0 atom stereocenters. The van der Waals surface area contributed by atoms with Gasteiger partial charge >= 0.3 is 0 Å². The van der Waals surface area contributed by atoms with Crippen LogP contribution < -0.4 is 15.4 Å². The molecular formula is C18H35IN6O3. The second kappa shape index (κ2) is 14.4. The molecule has 1 aromatic heterocycles. The molecule has 0 aliphatic carbocycles. The van der Waals surface area contributed by atoms with E-state index in [0.717, 1.165) is 24.1 Å². The molecule has 0 aromatic carbocycles. The normalized spacial score (nSPS) is 11.0. The monoisotopic (exact) mass is 510 g/mol. The number of nitrogens with one attached hydrogen (secondary N) is 2. The molecule has 0 bridgehead atoms. The summed E-state index contributed by atoms with van der Waals surface area (Å²) < 4.78 is 12.5. The molecule has 0 saturated heterocycles. The standard InChI is InChI=1S/C18H34N6O3.HI/c1-7-15-14(17(26-6)24(5)22-15)12-20-18(19-10-9-11-27-8-2)21-13-16(25)23(3)4;/h7-13H2,1-6H3,(H2,19,20,21);1H. The van der Waals surface area contributed by atoms with Gasteiger partial charge in [0.2, 0.25) is 11.8 Å². The van der Waals surface area contributed by atoms with Crippen LogP contribution in [0.25, 0.3) is 0 Å². The fourth-order valence-electron chi connectivity index (χ4n) is 2.48. The number of hydrogen-bond acceptors (Lipinski definition) is 5. The molecule has 0 spiro atoms. The van der Waals surface area contributed by atoms with Gasteiger partial charge in [0.1, 0.15) is 0 Å². The smallest absolute Gasteiger partial charge is 0.241 e. The lowest BCUT2D eigenvalue weighted by Crippen LogP contribution is -2.43. The van der Waals surface area contributed by atoms with Gasteiger partial charge in [0.05, 0.1) is 31.5 Å². The highest BCUT2D eigenvalue weighted by molar-refractivity contribution is 14.0. The number of halogens is 1. The zero-order valence-corrected chi connectivity index (χ0v) is 20.2. The summed E-state index contributed by atoms with van der Waals surface area (Å²) in [5.41, 5.74) is 1.91. The molecule has 0 unspecified atom stereocenters. The number of methoxy groups -OCH3 is 1. The molecule has 1 aromatic rings. The van der Waals surface area contributed by atoms with E-state index < -0.39 is 0 Å². The van der Waals surface area contributed by atoms with Crippen molar-refractivity contribution in [2.75, 3.05) is 47.5 Å². The average molecular weight is 510 g/mol. The van der Waals surface area contributed by atoms with E-state index in [2.05, 4.69) is 27.6 Å². The van der Waals surface area contributed by atoms with Crippen molar-refractivity contribution in [3.63, 3.8) is 0 Å². The zero-order chi connectivity index (χ0) is 20.2. The van der Waals surface area contributed by atoms with Crippen molar-refractivity contribution in [2.45, 2.75) is 33.2 Å². The Kier molecular flexibility index (Phi) is 13.6. The van der Waals surface area contributed by atoms with E-state index in [9.17, 15) is 4.79 Å². The molecular weight excluding hydrogens is 475 g/mol. The topological polar surface area (TPSA) is 93.0 Å². The van der Waals surface area contributed by atoms with Crippen LogP contribution in [0.15, 0.2) is 4.99 Å². The first-order valence-corrected chi connectivity index (χ1v) is 9.33. The number of aromatic nitrogens is 2. The van der Waals surface area contributed by atoms with Crippen LogP contribution in [0, 0.1) is 0 Å². The van der Waals surface area contributed by atoms with Crippen LogP contribution in [0.5, 0.6) is 5.88 Å². The zero-order valence-electron chi connectivity index (χ0n) is 17.9. The largest absolute Gasteiger partial charge is 0.481 e. The van der Waals surface area contributed by atoms with Crippen LogP contribution in [-0.4, -0.2) is 74.1 Å². The van der Waals surface area contributed by atoms with E-state index in [1.807, 2.05) is 14.0 Å². The van der Waals surface area contributed by atoms with Crippen molar-refractivity contribution >= 4 is 35.8 Å². The van der Waals surface area contributed by atoms with Crippen LogP contribution in [0.3, 0.4) is 0 Å². The average Bonchev–Trinajstić information content (AvgIpc) is 2.97. The highest BCUT2D eigenvalue weighted by atomic mass is 127. The minimum Gasteiger partial charge on any atom is -0.481 e. The predicted molar refractivity (Wildman–Crippen MR) is 122 cm³/mol. The number of rotatable bonds is 11. The summed E-state index contributed by atoms with van der Waals surface area (Å²) in [7, 11) is 6.94. The molecule has 0 aliphatic rings. The second-order valence-corrected chi connectivity index (χ2v) is 6.20. The van der Waals surface area contributed by atoms with Crippen LogP contribution in [-0.2, 0) is 29.5 Å². The van der Waals surface area contributed by atoms with Gasteiger partial charge in [0.25, 0.3) is 0 Å². The molecule has 9 nitrogen and oxygen atoms in total. The Hall–Kier alpha value is -1.56.